The Morgan fingerprint density at radius 3 is 2.88 bits per heavy atom. The summed E-state index contributed by atoms with van der Waals surface area (Å²) in [7, 11) is 0. The summed E-state index contributed by atoms with van der Waals surface area (Å²) in [5, 5.41) is 4.33. The van der Waals surface area contributed by atoms with Gasteiger partial charge in [-0.25, -0.2) is 4.79 Å². The Labute approximate surface area is 150 Å². The third kappa shape index (κ3) is 4.12. The van der Waals surface area contributed by atoms with Crippen molar-refractivity contribution >= 4 is 39.6 Å². The van der Waals surface area contributed by atoms with Crippen LogP contribution in [0, 0.1) is 0 Å². The van der Waals surface area contributed by atoms with E-state index in [1.165, 1.54) is 12.2 Å². The first kappa shape index (κ1) is 16.5. The van der Waals surface area contributed by atoms with Crippen LogP contribution in [0.25, 0.3) is 17.5 Å². The fourth-order valence-electron chi connectivity index (χ4n) is 1.81. The average Bonchev–Trinajstić information content (AvgIpc) is 3.20. The molecule has 0 N–H and O–H groups in total. The summed E-state index contributed by atoms with van der Waals surface area (Å²) in [6, 6.07) is 10.5. The summed E-state index contributed by atoms with van der Waals surface area (Å²) >= 11 is 9.24. The molecular formula is C16H10BrClN2O4. The highest BCUT2D eigenvalue weighted by molar-refractivity contribution is 9.10. The normalized spacial score (nSPS) is 11.1. The highest BCUT2D eigenvalue weighted by Gasteiger charge is 2.12. The molecule has 0 saturated heterocycles. The molecule has 0 radical (unpaired) electrons. The fraction of sp³-hybridized carbons (Fsp3) is 0.0625. The summed E-state index contributed by atoms with van der Waals surface area (Å²) in [4.78, 5) is 15.8. The number of hydrogen-bond donors (Lipinski definition) is 0. The second-order valence-corrected chi connectivity index (χ2v) is 5.76. The predicted octanol–water partition coefficient (Wildman–Crippen LogP) is 4.50. The number of benzene rings is 1. The van der Waals surface area contributed by atoms with Gasteiger partial charge < -0.3 is 13.7 Å². The minimum absolute atomic E-state index is 0.136. The van der Waals surface area contributed by atoms with Crippen LogP contribution in [0.1, 0.15) is 11.7 Å². The van der Waals surface area contributed by atoms with Gasteiger partial charge in [0, 0.05) is 11.6 Å². The van der Waals surface area contributed by atoms with Crippen LogP contribution in [0.15, 0.2) is 56.1 Å². The second-order valence-electron chi connectivity index (χ2n) is 4.57. The molecule has 0 fully saturated rings. The third-order valence-corrected chi connectivity index (χ3v) is 3.65. The SMILES string of the molecule is O=C(/C=C/c1ccc(Br)o1)OCc1nc(-c2ccccc2Cl)no1. The van der Waals surface area contributed by atoms with Crippen LogP contribution in [0.2, 0.25) is 5.02 Å². The molecule has 0 aliphatic heterocycles. The highest BCUT2D eigenvalue weighted by Crippen LogP contribution is 2.24. The van der Waals surface area contributed by atoms with E-state index in [1.807, 2.05) is 6.07 Å². The Hall–Kier alpha value is -2.38. The molecule has 24 heavy (non-hydrogen) atoms. The van der Waals surface area contributed by atoms with Gasteiger partial charge in [0.2, 0.25) is 5.82 Å². The van der Waals surface area contributed by atoms with Gasteiger partial charge in [-0.1, -0.05) is 28.9 Å². The molecule has 6 nitrogen and oxygen atoms in total. The Morgan fingerprint density at radius 1 is 1.29 bits per heavy atom. The zero-order chi connectivity index (χ0) is 16.9. The molecule has 122 valence electrons. The van der Waals surface area contributed by atoms with Gasteiger partial charge >= 0.3 is 5.97 Å². The molecule has 3 rings (SSSR count). The topological polar surface area (TPSA) is 78.4 Å². The summed E-state index contributed by atoms with van der Waals surface area (Å²) in [6.07, 6.45) is 2.74. The molecule has 0 aliphatic rings. The van der Waals surface area contributed by atoms with E-state index in [4.69, 9.17) is 25.3 Å². The number of aromatic nitrogens is 2. The number of esters is 1. The van der Waals surface area contributed by atoms with Gasteiger partial charge in [-0.15, -0.1) is 0 Å². The summed E-state index contributed by atoms with van der Waals surface area (Å²) in [6.45, 7) is -0.136. The number of hydrogen-bond acceptors (Lipinski definition) is 6. The lowest BCUT2D eigenvalue weighted by molar-refractivity contribution is -0.139. The van der Waals surface area contributed by atoms with Crippen LogP contribution in [-0.4, -0.2) is 16.1 Å². The number of furan rings is 1. The van der Waals surface area contributed by atoms with Gasteiger partial charge in [-0.3, -0.25) is 0 Å². The molecular weight excluding hydrogens is 400 g/mol. The molecule has 0 unspecified atom stereocenters. The van der Waals surface area contributed by atoms with E-state index < -0.39 is 5.97 Å². The molecule has 0 aliphatic carbocycles. The first-order valence-corrected chi connectivity index (χ1v) is 7.96. The van der Waals surface area contributed by atoms with Crippen LogP contribution < -0.4 is 0 Å². The van der Waals surface area contributed by atoms with Crippen molar-refractivity contribution in [2.75, 3.05) is 0 Å². The lowest BCUT2D eigenvalue weighted by Crippen LogP contribution is -2.00. The van der Waals surface area contributed by atoms with Crippen LogP contribution >= 0.6 is 27.5 Å². The molecule has 8 heteroatoms. The monoisotopic (exact) mass is 408 g/mol. The van der Waals surface area contributed by atoms with Crippen LogP contribution in [-0.2, 0) is 16.1 Å². The van der Waals surface area contributed by atoms with Gasteiger partial charge in [0.15, 0.2) is 11.3 Å². The number of rotatable bonds is 5. The van der Waals surface area contributed by atoms with Gasteiger partial charge in [-0.05, 0) is 46.3 Å². The Morgan fingerprint density at radius 2 is 2.12 bits per heavy atom. The molecule has 2 heterocycles. The highest BCUT2D eigenvalue weighted by atomic mass is 79.9. The molecule has 0 atom stereocenters. The number of ether oxygens (including phenoxy) is 1. The Bertz CT molecular complexity index is 888. The molecule has 1 aromatic carbocycles. The molecule has 0 saturated carbocycles. The molecule has 0 amide bonds. The minimum Gasteiger partial charge on any atom is -0.452 e. The van der Waals surface area contributed by atoms with E-state index >= 15 is 0 Å². The maximum atomic E-state index is 11.7. The van der Waals surface area contributed by atoms with Crippen molar-refractivity contribution in [3.8, 4) is 11.4 Å². The summed E-state index contributed by atoms with van der Waals surface area (Å²) in [5.41, 5.74) is 0.642. The van der Waals surface area contributed by atoms with Gasteiger partial charge in [0.1, 0.15) is 5.76 Å². The van der Waals surface area contributed by atoms with Crippen molar-refractivity contribution in [2.45, 2.75) is 6.61 Å². The molecule has 2 aromatic heterocycles. The third-order valence-electron chi connectivity index (χ3n) is 2.90. The second kappa shape index (κ2) is 7.46. The smallest absolute Gasteiger partial charge is 0.331 e. The quantitative estimate of drug-likeness (QED) is 0.456. The zero-order valence-corrected chi connectivity index (χ0v) is 14.5. The van der Waals surface area contributed by atoms with E-state index in [2.05, 4.69) is 26.1 Å². The van der Waals surface area contributed by atoms with Gasteiger partial charge in [-0.2, -0.15) is 4.98 Å². The molecule has 0 spiro atoms. The number of halogens is 2. The first-order chi connectivity index (χ1) is 11.6. The first-order valence-electron chi connectivity index (χ1n) is 6.79. The van der Waals surface area contributed by atoms with Crippen molar-refractivity contribution < 1.29 is 18.5 Å². The Kier molecular flexibility index (Phi) is 5.12. The van der Waals surface area contributed by atoms with Crippen LogP contribution in [0.4, 0.5) is 0 Å². The largest absolute Gasteiger partial charge is 0.452 e. The van der Waals surface area contributed by atoms with Crippen molar-refractivity contribution in [2.24, 2.45) is 0 Å². The number of carbonyl (C=O) groups excluding carboxylic acids is 1. The maximum absolute atomic E-state index is 11.7. The van der Waals surface area contributed by atoms with Crippen molar-refractivity contribution in [3.63, 3.8) is 0 Å². The van der Waals surface area contributed by atoms with E-state index in [0.717, 1.165) is 0 Å². The van der Waals surface area contributed by atoms with E-state index in [9.17, 15) is 4.79 Å². The summed E-state index contributed by atoms with van der Waals surface area (Å²) in [5.74, 6) is 0.479. The molecule has 3 aromatic rings. The van der Waals surface area contributed by atoms with E-state index in [-0.39, 0.29) is 12.5 Å². The maximum Gasteiger partial charge on any atom is 0.331 e. The van der Waals surface area contributed by atoms with Crippen molar-refractivity contribution in [1.29, 1.82) is 0 Å². The lowest BCUT2D eigenvalue weighted by Gasteiger charge is -1.97. The average molecular weight is 410 g/mol. The number of carbonyl (C=O) groups is 1. The fourth-order valence-corrected chi connectivity index (χ4v) is 2.35. The summed E-state index contributed by atoms with van der Waals surface area (Å²) < 4.78 is 15.9. The number of nitrogens with zero attached hydrogens (tertiary/aromatic N) is 2. The minimum atomic E-state index is -0.556. The van der Waals surface area contributed by atoms with Crippen molar-refractivity contribution in [3.05, 3.63) is 63.8 Å². The lowest BCUT2D eigenvalue weighted by atomic mass is 10.2. The zero-order valence-electron chi connectivity index (χ0n) is 12.1. The molecule has 0 bridgehead atoms. The van der Waals surface area contributed by atoms with Gasteiger partial charge in [0.25, 0.3) is 5.89 Å². The van der Waals surface area contributed by atoms with E-state index in [1.54, 1.807) is 30.3 Å². The van der Waals surface area contributed by atoms with Gasteiger partial charge in [0.05, 0.1) is 5.02 Å². The Balaban J connectivity index is 1.58. The van der Waals surface area contributed by atoms with Crippen LogP contribution in [0.3, 0.4) is 0 Å². The predicted molar refractivity (Wildman–Crippen MR) is 90.0 cm³/mol. The standard InChI is InChI=1S/C16H10BrClN2O4/c17-13-7-5-10(23-13)6-8-15(21)22-9-14-19-16(20-24-14)11-3-1-2-4-12(11)18/h1-8H,9H2/b8-6+. The van der Waals surface area contributed by atoms with Crippen molar-refractivity contribution in [1.82, 2.24) is 10.1 Å². The van der Waals surface area contributed by atoms with Crippen LogP contribution in [0.5, 0.6) is 0 Å². The van der Waals surface area contributed by atoms with E-state index in [0.29, 0.717) is 26.8 Å².